The van der Waals surface area contributed by atoms with Gasteiger partial charge in [-0.1, -0.05) is 13.8 Å². The number of hydrogen-bond acceptors (Lipinski definition) is 2. The summed E-state index contributed by atoms with van der Waals surface area (Å²) in [6, 6.07) is 0.831. The fourth-order valence-corrected chi connectivity index (χ4v) is 4.24. The predicted octanol–water partition coefficient (Wildman–Crippen LogP) is 2.91. The van der Waals surface area contributed by atoms with E-state index in [-0.39, 0.29) is 0 Å². The number of nitrogens with one attached hydrogen (secondary N) is 1. The van der Waals surface area contributed by atoms with Crippen LogP contribution in [0, 0.1) is 11.8 Å². The first-order chi connectivity index (χ1) is 6.77. The maximum absolute atomic E-state index is 3.72. The van der Waals surface area contributed by atoms with Gasteiger partial charge in [0, 0.05) is 11.3 Å². The Morgan fingerprint density at radius 3 is 2.93 bits per heavy atom. The summed E-state index contributed by atoms with van der Waals surface area (Å²) >= 11 is 2.23. The minimum absolute atomic E-state index is 0.831. The van der Waals surface area contributed by atoms with E-state index in [4.69, 9.17) is 0 Å². The second-order valence-electron chi connectivity index (χ2n) is 5.14. The first-order valence-electron chi connectivity index (χ1n) is 6.12. The minimum atomic E-state index is 0.831. The molecule has 1 aliphatic carbocycles. The van der Waals surface area contributed by atoms with E-state index in [1.807, 2.05) is 0 Å². The standard InChI is InChI=1S/C12H23NS/c1-9(2)10-4-5-11-12(8-10)14-7-3-6-13-11/h9-13H,3-8H2,1-2H3. The minimum Gasteiger partial charge on any atom is -0.313 e. The van der Waals surface area contributed by atoms with Crippen molar-refractivity contribution in [2.45, 2.75) is 50.8 Å². The van der Waals surface area contributed by atoms with Gasteiger partial charge in [-0.2, -0.15) is 11.8 Å². The lowest BCUT2D eigenvalue weighted by Gasteiger charge is -2.36. The highest BCUT2D eigenvalue weighted by Crippen LogP contribution is 2.37. The van der Waals surface area contributed by atoms with Gasteiger partial charge < -0.3 is 5.32 Å². The Kier molecular flexibility index (Phi) is 3.78. The summed E-state index contributed by atoms with van der Waals surface area (Å²) in [7, 11) is 0. The molecule has 3 unspecified atom stereocenters. The van der Waals surface area contributed by atoms with Crippen molar-refractivity contribution in [2.75, 3.05) is 12.3 Å². The maximum Gasteiger partial charge on any atom is 0.0203 e. The van der Waals surface area contributed by atoms with E-state index in [1.165, 1.54) is 38.0 Å². The van der Waals surface area contributed by atoms with Crippen LogP contribution in [-0.4, -0.2) is 23.6 Å². The molecule has 0 aromatic rings. The van der Waals surface area contributed by atoms with Crippen LogP contribution in [0.1, 0.15) is 39.5 Å². The van der Waals surface area contributed by atoms with Gasteiger partial charge in [0.25, 0.3) is 0 Å². The smallest absolute Gasteiger partial charge is 0.0203 e. The molecule has 0 aromatic heterocycles. The molecular formula is C12H23NS. The summed E-state index contributed by atoms with van der Waals surface area (Å²) in [5.74, 6) is 3.25. The second kappa shape index (κ2) is 4.89. The van der Waals surface area contributed by atoms with Crippen LogP contribution in [0.25, 0.3) is 0 Å². The molecule has 0 radical (unpaired) electrons. The Labute approximate surface area is 92.4 Å². The Balaban J connectivity index is 1.93. The molecule has 0 bridgehead atoms. The average Bonchev–Trinajstić information content (AvgIpc) is 2.41. The zero-order chi connectivity index (χ0) is 9.97. The van der Waals surface area contributed by atoms with E-state index in [9.17, 15) is 0 Å². The second-order valence-corrected chi connectivity index (χ2v) is 6.49. The molecule has 1 heterocycles. The highest BCUT2D eigenvalue weighted by atomic mass is 32.2. The first kappa shape index (κ1) is 10.8. The third-order valence-electron chi connectivity index (χ3n) is 3.83. The Bertz CT molecular complexity index is 181. The van der Waals surface area contributed by atoms with Crippen molar-refractivity contribution in [3.05, 3.63) is 0 Å². The van der Waals surface area contributed by atoms with Gasteiger partial charge in [-0.3, -0.25) is 0 Å². The molecule has 2 fully saturated rings. The van der Waals surface area contributed by atoms with Crippen molar-refractivity contribution < 1.29 is 0 Å². The summed E-state index contributed by atoms with van der Waals surface area (Å²) in [6.07, 6.45) is 5.69. The third kappa shape index (κ3) is 2.46. The van der Waals surface area contributed by atoms with Crippen LogP contribution in [0.15, 0.2) is 0 Å². The molecule has 0 amide bonds. The summed E-state index contributed by atoms with van der Waals surface area (Å²) in [4.78, 5) is 0. The zero-order valence-electron chi connectivity index (χ0n) is 9.46. The van der Waals surface area contributed by atoms with E-state index in [2.05, 4.69) is 30.9 Å². The maximum atomic E-state index is 3.72. The highest BCUT2D eigenvalue weighted by Gasteiger charge is 2.32. The fourth-order valence-electron chi connectivity index (χ4n) is 2.78. The van der Waals surface area contributed by atoms with E-state index < -0.39 is 0 Å². The van der Waals surface area contributed by atoms with Crippen molar-refractivity contribution in [1.29, 1.82) is 0 Å². The van der Waals surface area contributed by atoms with Crippen LogP contribution in [-0.2, 0) is 0 Å². The molecule has 2 heteroatoms. The molecule has 2 aliphatic rings. The molecule has 0 aromatic carbocycles. The zero-order valence-corrected chi connectivity index (χ0v) is 10.3. The van der Waals surface area contributed by atoms with Crippen LogP contribution >= 0.6 is 11.8 Å². The van der Waals surface area contributed by atoms with Gasteiger partial charge >= 0.3 is 0 Å². The molecule has 3 atom stereocenters. The van der Waals surface area contributed by atoms with E-state index in [1.54, 1.807) is 0 Å². The summed E-state index contributed by atoms with van der Waals surface area (Å²) in [6.45, 7) is 6.03. The van der Waals surface area contributed by atoms with E-state index in [0.717, 1.165) is 23.1 Å². The van der Waals surface area contributed by atoms with Crippen molar-refractivity contribution >= 4 is 11.8 Å². The first-order valence-corrected chi connectivity index (χ1v) is 7.17. The van der Waals surface area contributed by atoms with Crippen molar-refractivity contribution in [2.24, 2.45) is 11.8 Å². The summed E-state index contributed by atoms with van der Waals surface area (Å²) < 4.78 is 0. The topological polar surface area (TPSA) is 12.0 Å². The third-order valence-corrected chi connectivity index (χ3v) is 5.31. The van der Waals surface area contributed by atoms with Crippen LogP contribution in [0.3, 0.4) is 0 Å². The van der Waals surface area contributed by atoms with Gasteiger partial charge in [-0.25, -0.2) is 0 Å². The van der Waals surface area contributed by atoms with Crippen LogP contribution < -0.4 is 5.32 Å². The quantitative estimate of drug-likeness (QED) is 0.719. The predicted molar refractivity (Wildman–Crippen MR) is 64.8 cm³/mol. The molecule has 14 heavy (non-hydrogen) atoms. The van der Waals surface area contributed by atoms with Gasteiger partial charge in [0.15, 0.2) is 0 Å². The van der Waals surface area contributed by atoms with Crippen molar-refractivity contribution in [3.63, 3.8) is 0 Å². The largest absolute Gasteiger partial charge is 0.313 e. The number of rotatable bonds is 1. The number of fused-ring (bicyclic) bond motifs is 1. The molecule has 1 aliphatic heterocycles. The van der Waals surface area contributed by atoms with Gasteiger partial charge in [0.1, 0.15) is 0 Å². The Hall–Kier alpha value is 0.310. The van der Waals surface area contributed by atoms with Gasteiger partial charge in [-0.15, -0.1) is 0 Å². The summed E-state index contributed by atoms with van der Waals surface area (Å²) in [5.41, 5.74) is 0. The molecular weight excluding hydrogens is 190 g/mol. The molecule has 82 valence electrons. The average molecular weight is 213 g/mol. The Morgan fingerprint density at radius 1 is 1.29 bits per heavy atom. The molecule has 1 saturated carbocycles. The molecule has 1 saturated heterocycles. The molecule has 1 N–H and O–H groups in total. The number of thioether (sulfide) groups is 1. The fraction of sp³-hybridized carbons (Fsp3) is 1.00. The van der Waals surface area contributed by atoms with Crippen LogP contribution in [0.4, 0.5) is 0 Å². The summed E-state index contributed by atoms with van der Waals surface area (Å²) in [5, 5.41) is 4.64. The van der Waals surface area contributed by atoms with Crippen LogP contribution in [0.5, 0.6) is 0 Å². The highest BCUT2D eigenvalue weighted by molar-refractivity contribution is 7.99. The normalized spacial score (nSPS) is 39.2. The van der Waals surface area contributed by atoms with E-state index in [0.29, 0.717) is 0 Å². The molecule has 1 nitrogen and oxygen atoms in total. The lowest BCUT2D eigenvalue weighted by molar-refractivity contribution is 0.248. The van der Waals surface area contributed by atoms with E-state index >= 15 is 0 Å². The molecule has 2 rings (SSSR count). The molecule has 0 spiro atoms. The van der Waals surface area contributed by atoms with Gasteiger partial charge in [0.05, 0.1) is 0 Å². The van der Waals surface area contributed by atoms with Crippen LogP contribution in [0.2, 0.25) is 0 Å². The van der Waals surface area contributed by atoms with Gasteiger partial charge in [0.2, 0.25) is 0 Å². The van der Waals surface area contributed by atoms with Crippen molar-refractivity contribution in [1.82, 2.24) is 5.32 Å². The number of hydrogen-bond donors (Lipinski definition) is 1. The Morgan fingerprint density at radius 2 is 2.14 bits per heavy atom. The monoisotopic (exact) mass is 213 g/mol. The lowest BCUT2D eigenvalue weighted by Crippen LogP contribution is -2.42. The SMILES string of the molecule is CC(C)C1CCC2NCCCSC2C1. The van der Waals surface area contributed by atoms with Gasteiger partial charge in [-0.05, 0) is 49.8 Å². The lowest BCUT2D eigenvalue weighted by atomic mass is 9.79. The van der Waals surface area contributed by atoms with Crippen molar-refractivity contribution in [3.8, 4) is 0 Å².